The van der Waals surface area contributed by atoms with E-state index < -0.39 is 0 Å². The molecule has 26 heavy (non-hydrogen) atoms. The number of benzene rings is 3. The van der Waals surface area contributed by atoms with Crippen molar-refractivity contribution in [2.24, 2.45) is 5.10 Å². The molecule has 0 saturated carbocycles. The Balaban J connectivity index is 1.60. The van der Waals surface area contributed by atoms with E-state index in [2.05, 4.69) is 31.8 Å². The van der Waals surface area contributed by atoms with E-state index in [9.17, 15) is 4.79 Å². The molecule has 0 fully saturated rings. The molecule has 3 aromatic carbocycles. The summed E-state index contributed by atoms with van der Waals surface area (Å²) < 4.78 is 6.17. The lowest BCUT2D eigenvalue weighted by molar-refractivity contribution is -0.119. The number of halogens is 1. The maximum atomic E-state index is 12.0. The van der Waals surface area contributed by atoms with Gasteiger partial charge in [-0.05, 0) is 29.7 Å². The molecule has 0 aliphatic rings. The molecule has 5 nitrogen and oxygen atoms in total. The highest BCUT2D eigenvalue weighted by molar-refractivity contribution is 9.10. The van der Waals surface area contributed by atoms with E-state index in [1.54, 1.807) is 13.3 Å². The van der Waals surface area contributed by atoms with Gasteiger partial charge in [0.2, 0.25) is 0 Å². The molecule has 0 heterocycles. The molecule has 0 saturated heterocycles. The van der Waals surface area contributed by atoms with Crippen molar-refractivity contribution in [1.82, 2.24) is 5.43 Å². The Hall–Kier alpha value is -2.86. The molecule has 3 rings (SSSR count). The molecule has 2 N–H and O–H groups in total. The maximum Gasteiger partial charge on any atom is 0.259 e. The number of anilines is 1. The summed E-state index contributed by atoms with van der Waals surface area (Å²) in [4.78, 5) is 12.0. The smallest absolute Gasteiger partial charge is 0.259 e. The number of amides is 1. The van der Waals surface area contributed by atoms with Crippen molar-refractivity contribution in [2.75, 3.05) is 19.0 Å². The molecule has 0 aliphatic heterocycles. The molecule has 0 aromatic heterocycles. The minimum atomic E-state index is -0.233. The second-order valence-corrected chi connectivity index (χ2v) is 6.48. The summed E-state index contributed by atoms with van der Waals surface area (Å²) in [6.07, 6.45) is 1.55. The van der Waals surface area contributed by atoms with Crippen LogP contribution in [-0.4, -0.2) is 25.8 Å². The van der Waals surface area contributed by atoms with Gasteiger partial charge in [0.25, 0.3) is 5.91 Å². The number of fused-ring (bicyclic) bond motifs is 1. The van der Waals surface area contributed by atoms with E-state index in [0.717, 1.165) is 26.5 Å². The number of hydrogen-bond donors (Lipinski definition) is 2. The molecule has 0 bridgehead atoms. The molecule has 6 heteroatoms. The molecular weight excluding hydrogens is 394 g/mol. The summed E-state index contributed by atoms with van der Waals surface area (Å²) in [5.74, 6) is 0.447. The van der Waals surface area contributed by atoms with Gasteiger partial charge in [-0.3, -0.25) is 4.79 Å². The van der Waals surface area contributed by atoms with Crippen LogP contribution in [0.1, 0.15) is 5.56 Å². The Morgan fingerprint density at radius 2 is 1.96 bits per heavy atom. The Labute approximate surface area is 160 Å². The van der Waals surface area contributed by atoms with Crippen molar-refractivity contribution in [3.63, 3.8) is 0 Å². The molecule has 0 unspecified atom stereocenters. The lowest BCUT2D eigenvalue weighted by atomic mass is 10.1. The number of hydrogen-bond acceptors (Lipinski definition) is 4. The summed E-state index contributed by atoms with van der Waals surface area (Å²) >= 11 is 3.40. The molecular formula is C20H18BrN3O2. The molecule has 0 atom stereocenters. The van der Waals surface area contributed by atoms with Crippen LogP contribution in [0.25, 0.3) is 10.8 Å². The van der Waals surface area contributed by atoms with E-state index in [4.69, 9.17) is 4.74 Å². The fourth-order valence-electron chi connectivity index (χ4n) is 2.57. The van der Waals surface area contributed by atoms with Gasteiger partial charge in [0.1, 0.15) is 5.75 Å². The second-order valence-electron chi connectivity index (χ2n) is 5.56. The average molecular weight is 412 g/mol. The first kappa shape index (κ1) is 17.9. The molecule has 0 radical (unpaired) electrons. The fourth-order valence-corrected chi connectivity index (χ4v) is 2.95. The van der Waals surface area contributed by atoms with E-state index in [0.29, 0.717) is 5.75 Å². The summed E-state index contributed by atoms with van der Waals surface area (Å²) in [5.41, 5.74) is 4.20. The Morgan fingerprint density at radius 3 is 2.81 bits per heavy atom. The molecule has 3 aromatic rings. The number of carbonyl (C=O) groups is 1. The Morgan fingerprint density at radius 1 is 1.15 bits per heavy atom. The van der Waals surface area contributed by atoms with Gasteiger partial charge < -0.3 is 10.1 Å². The highest BCUT2D eigenvalue weighted by Gasteiger charge is 2.04. The fraction of sp³-hybridized carbons (Fsp3) is 0.100. The van der Waals surface area contributed by atoms with Gasteiger partial charge in [-0.1, -0.05) is 52.3 Å². The quantitative estimate of drug-likeness (QED) is 0.472. The Bertz CT molecular complexity index is 951. The lowest BCUT2D eigenvalue weighted by Crippen LogP contribution is -2.25. The topological polar surface area (TPSA) is 62.7 Å². The first-order valence-corrected chi connectivity index (χ1v) is 8.84. The van der Waals surface area contributed by atoms with Crippen molar-refractivity contribution < 1.29 is 9.53 Å². The third-order valence-electron chi connectivity index (χ3n) is 3.81. The standard InChI is InChI=1S/C20H18BrN3O2/c1-26-19-10-9-16(21)11-15(19)12-23-24-20(25)13-22-18-8-4-6-14-5-2-3-7-17(14)18/h2-12,22H,13H2,1H3,(H,24,25). The van der Waals surface area contributed by atoms with Crippen molar-refractivity contribution in [2.45, 2.75) is 0 Å². The van der Waals surface area contributed by atoms with Gasteiger partial charge in [-0.25, -0.2) is 5.43 Å². The third kappa shape index (κ3) is 4.40. The number of hydrazone groups is 1. The summed E-state index contributed by atoms with van der Waals surface area (Å²) in [6.45, 7) is 0.126. The van der Waals surface area contributed by atoms with Gasteiger partial charge in [0.15, 0.2) is 0 Å². The van der Waals surface area contributed by atoms with E-state index in [1.165, 1.54) is 0 Å². The zero-order valence-electron chi connectivity index (χ0n) is 14.2. The monoisotopic (exact) mass is 411 g/mol. The maximum absolute atomic E-state index is 12.0. The van der Waals surface area contributed by atoms with Crippen LogP contribution in [0.15, 0.2) is 70.2 Å². The summed E-state index contributed by atoms with van der Waals surface area (Å²) in [7, 11) is 1.59. The van der Waals surface area contributed by atoms with E-state index >= 15 is 0 Å². The van der Waals surface area contributed by atoms with Crippen molar-refractivity contribution in [3.8, 4) is 5.75 Å². The minimum Gasteiger partial charge on any atom is -0.496 e. The average Bonchev–Trinajstić information content (AvgIpc) is 2.66. The van der Waals surface area contributed by atoms with Crippen LogP contribution in [0.5, 0.6) is 5.75 Å². The highest BCUT2D eigenvalue weighted by Crippen LogP contribution is 2.23. The molecule has 0 spiro atoms. The lowest BCUT2D eigenvalue weighted by Gasteiger charge is -2.09. The second kappa shape index (κ2) is 8.49. The normalized spacial score (nSPS) is 10.8. The van der Waals surface area contributed by atoms with E-state index in [1.807, 2.05) is 60.7 Å². The number of methoxy groups -OCH3 is 1. The predicted octanol–water partition coefficient (Wildman–Crippen LogP) is 4.17. The first-order valence-electron chi connectivity index (χ1n) is 8.04. The van der Waals surface area contributed by atoms with Gasteiger partial charge >= 0.3 is 0 Å². The molecule has 132 valence electrons. The van der Waals surface area contributed by atoms with Crippen molar-refractivity contribution >= 4 is 44.5 Å². The van der Waals surface area contributed by atoms with Gasteiger partial charge in [0.05, 0.1) is 19.9 Å². The van der Waals surface area contributed by atoms with Crippen LogP contribution in [0.3, 0.4) is 0 Å². The van der Waals surface area contributed by atoms with Gasteiger partial charge in [-0.2, -0.15) is 5.10 Å². The Kier molecular flexibility index (Phi) is 5.86. The van der Waals surface area contributed by atoms with Crippen molar-refractivity contribution in [1.29, 1.82) is 0 Å². The van der Waals surface area contributed by atoms with Crippen LogP contribution < -0.4 is 15.5 Å². The number of rotatable bonds is 6. The van der Waals surface area contributed by atoms with Crippen LogP contribution in [0, 0.1) is 0 Å². The summed E-state index contributed by atoms with van der Waals surface area (Å²) in [6, 6.07) is 19.5. The predicted molar refractivity (Wildman–Crippen MR) is 109 cm³/mol. The highest BCUT2D eigenvalue weighted by atomic mass is 79.9. The van der Waals surface area contributed by atoms with Crippen LogP contribution in [-0.2, 0) is 4.79 Å². The molecule has 0 aliphatic carbocycles. The van der Waals surface area contributed by atoms with Gasteiger partial charge in [0, 0.05) is 21.1 Å². The minimum absolute atomic E-state index is 0.126. The van der Waals surface area contributed by atoms with E-state index in [-0.39, 0.29) is 12.5 Å². The summed E-state index contributed by atoms with van der Waals surface area (Å²) in [5, 5.41) is 9.35. The third-order valence-corrected chi connectivity index (χ3v) is 4.31. The van der Waals surface area contributed by atoms with Gasteiger partial charge in [-0.15, -0.1) is 0 Å². The zero-order valence-corrected chi connectivity index (χ0v) is 15.8. The largest absolute Gasteiger partial charge is 0.496 e. The number of carbonyl (C=O) groups excluding carboxylic acids is 1. The number of nitrogens with one attached hydrogen (secondary N) is 2. The van der Waals surface area contributed by atoms with Crippen LogP contribution in [0.4, 0.5) is 5.69 Å². The van der Waals surface area contributed by atoms with Crippen LogP contribution in [0.2, 0.25) is 0 Å². The van der Waals surface area contributed by atoms with Crippen molar-refractivity contribution in [3.05, 3.63) is 70.7 Å². The molecule has 1 amide bonds. The number of ether oxygens (including phenoxy) is 1. The van der Waals surface area contributed by atoms with Crippen LogP contribution >= 0.6 is 15.9 Å². The first-order chi connectivity index (χ1) is 12.7. The number of nitrogens with zero attached hydrogens (tertiary/aromatic N) is 1. The SMILES string of the molecule is COc1ccc(Br)cc1C=NNC(=O)CNc1cccc2ccccc12. The zero-order chi connectivity index (χ0) is 18.4.